The number of esters is 1. The van der Waals surface area contributed by atoms with Crippen molar-refractivity contribution in [2.75, 3.05) is 7.11 Å². The van der Waals surface area contributed by atoms with Crippen molar-refractivity contribution in [1.82, 2.24) is 4.57 Å². The molecule has 0 amide bonds. The van der Waals surface area contributed by atoms with E-state index in [1.54, 1.807) is 35.8 Å². The molecule has 1 atom stereocenters. The van der Waals surface area contributed by atoms with Crippen LogP contribution in [0.2, 0.25) is 10.0 Å². The van der Waals surface area contributed by atoms with Gasteiger partial charge < -0.3 is 4.74 Å². The molecule has 1 aromatic carbocycles. The molecule has 0 spiro atoms. The number of benzene rings is 1. The molecule has 0 bridgehead atoms. The molecule has 0 unspecified atom stereocenters. The van der Waals surface area contributed by atoms with Crippen molar-refractivity contribution < 1.29 is 9.53 Å². The summed E-state index contributed by atoms with van der Waals surface area (Å²) in [6.07, 6.45) is 1.71. The summed E-state index contributed by atoms with van der Waals surface area (Å²) in [5, 5.41) is 2.87. The Morgan fingerprint density at radius 2 is 2.10 bits per heavy atom. The predicted octanol–water partition coefficient (Wildman–Crippen LogP) is 3.78. The Morgan fingerprint density at radius 1 is 1.31 bits per heavy atom. The maximum Gasteiger partial charge on any atom is 0.338 e. The minimum atomic E-state index is -0.582. The van der Waals surface area contributed by atoms with Gasteiger partial charge in [-0.15, -0.1) is 11.3 Å². The number of rotatable bonds is 3. The summed E-state index contributed by atoms with van der Waals surface area (Å²) in [7, 11) is 1.32. The fraction of sp³-hybridized carbons (Fsp3) is 0.150. The normalized spacial score (nSPS) is 16.6. The van der Waals surface area contributed by atoms with Crippen LogP contribution in [0.25, 0.3) is 6.08 Å². The van der Waals surface area contributed by atoms with E-state index in [0.717, 1.165) is 4.88 Å². The lowest BCUT2D eigenvalue weighted by molar-refractivity contribution is -0.136. The number of carbonyl (C=O) groups excluding carboxylic acids is 1. The van der Waals surface area contributed by atoms with Crippen LogP contribution in [0.5, 0.6) is 0 Å². The molecule has 4 rings (SSSR count). The number of aromatic nitrogens is 1. The zero-order valence-electron chi connectivity index (χ0n) is 15.3. The SMILES string of the molecule is COC(=O)C1=C(C)N=c2s/c(=C\c3ccc(Cl)cc3Cl)c(=O)n2[C@@H]1c1cccs1. The third-order valence-corrected chi connectivity index (χ3v) is 6.96. The molecule has 0 aliphatic carbocycles. The summed E-state index contributed by atoms with van der Waals surface area (Å²) < 4.78 is 6.98. The molecule has 0 saturated heterocycles. The second-order valence-electron chi connectivity index (χ2n) is 6.25. The largest absolute Gasteiger partial charge is 0.466 e. The third kappa shape index (κ3) is 3.59. The van der Waals surface area contributed by atoms with Crippen LogP contribution in [0.4, 0.5) is 0 Å². The number of carbonyl (C=O) groups is 1. The standard InChI is InChI=1S/C20H14Cl2N2O3S2/c1-10-16(19(26)27-2)17(14-4-3-7-28-14)24-18(25)15(29-20(24)23-10)8-11-5-6-12(21)9-13(11)22/h3-9,17H,1-2H3/b15-8-/t17-/m1/s1. The second-order valence-corrected chi connectivity index (χ2v) is 9.09. The van der Waals surface area contributed by atoms with E-state index in [-0.39, 0.29) is 5.56 Å². The smallest absolute Gasteiger partial charge is 0.338 e. The summed E-state index contributed by atoms with van der Waals surface area (Å²) in [6.45, 7) is 1.75. The van der Waals surface area contributed by atoms with Crippen molar-refractivity contribution in [2.24, 2.45) is 4.99 Å². The van der Waals surface area contributed by atoms with E-state index in [0.29, 0.717) is 36.2 Å². The molecule has 2 aromatic heterocycles. The fourth-order valence-electron chi connectivity index (χ4n) is 3.17. The van der Waals surface area contributed by atoms with E-state index in [1.165, 1.54) is 29.8 Å². The summed E-state index contributed by atoms with van der Waals surface area (Å²) in [5.74, 6) is -0.500. The van der Waals surface area contributed by atoms with Gasteiger partial charge in [-0.3, -0.25) is 9.36 Å². The van der Waals surface area contributed by atoms with Crippen molar-refractivity contribution in [3.63, 3.8) is 0 Å². The molecule has 9 heteroatoms. The Hall–Kier alpha value is -2.19. The Morgan fingerprint density at radius 3 is 2.76 bits per heavy atom. The minimum Gasteiger partial charge on any atom is -0.466 e. The van der Waals surface area contributed by atoms with Crippen molar-refractivity contribution >= 4 is 57.9 Å². The van der Waals surface area contributed by atoms with Crippen LogP contribution in [0.3, 0.4) is 0 Å². The summed E-state index contributed by atoms with van der Waals surface area (Å²) >= 11 is 14.9. The highest BCUT2D eigenvalue weighted by atomic mass is 35.5. The van der Waals surface area contributed by atoms with E-state index in [2.05, 4.69) is 4.99 Å². The fourth-order valence-corrected chi connectivity index (χ4v) is 5.49. The number of hydrogen-bond donors (Lipinski definition) is 0. The topological polar surface area (TPSA) is 60.7 Å². The molecule has 1 aliphatic heterocycles. The van der Waals surface area contributed by atoms with Crippen LogP contribution in [0.1, 0.15) is 23.4 Å². The molecule has 1 aliphatic rings. The summed E-state index contributed by atoms with van der Waals surface area (Å²) in [6, 6.07) is 8.29. The van der Waals surface area contributed by atoms with Gasteiger partial charge in [-0.1, -0.05) is 46.7 Å². The second kappa shape index (κ2) is 7.91. The van der Waals surface area contributed by atoms with Crippen LogP contribution < -0.4 is 14.9 Å². The highest BCUT2D eigenvalue weighted by molar-refractivity contribution is 7.10. The first-order chi connectivity index (χ1) is 13.9. The third-order valence-electron chi connectivity index (χ3n) is 4.49. The van der Waals surface area contributed by atoms with Gasteiger partial charge in [0.1, 0.15) is 6.04 Å². The van der Waals surface area contributed by atoms with Gasteiger partial charge >= 0.3 is 5.97 Å². The molecule has 0 radical (unpaired) electrons. The van der Waals surface area contributed by atoms with E-state index < -0.39 is 12.0 Å². The number of ether oxygens (including phenoxy) is 1. The van der Waals surface area contributed by atoms with Gasteiger partial charge in [0.05, 0.1) is 22.9 Å². The van der Waals surface area contributed by atoms with Crippen molar-refractivity contribution in [3.05, 3.63) is 87.2 Å². The first-order valence-electron chi connectivity index (χ1n) is 8.50. The van der Waals surface area contributed by atoms with Crippen LogP contribution in [0.15, 0.2) is 56.8 Å². The molecule has 5 nitrogen and oxygen atoms in total. The number of halogens is 2. The maximum absolute atomic E-state index is 13.3. The minimum absolute atomic E-state index is 0.243. The molecular weight excluding hydrogens is 451 g/mol. The van der Waals surface area contributed by atoms with Crippen molar-refractivity contribution in [1.29, 1.82) is 0 Å². The number of nitrogens with zero attached hydrogens (tertiary/aromatic N) is 2. The Balaban J connectivity index is 1.97. The van der Waals surface area contributed by atoms with Crippen LogP contribution in [-0.4, -0.2) is 17.6 Å². The quantitative estimate of drug-likeness (QED) is 0.554. The zero-order chi connectivity index (χ0) is 20.7. The lowest BCUT2D eigenvalue weighted by Gasteiger charge is -2.22. The molecule has 0 N–H and O–H groups in total. The van der Waals surface area contributed by atoms with E-state index in [4.69, 9.17) is 27.9 Å². The molecule has 148 valence electrons. The highest BCUT2D eigenvalue weighted by Crippen LogP contribution is 2.33. The molecular formula is C20H14Cl2N2O3S2. The van der Waals surface area contributed by atoms with E-state index >= 15 is 0 Å². The average Bonchev–Trinajstić information content (AvgIpc) is 3.31. The monoisotopic (exact) mass is 464 g/mol. The number of methoxy groups -OCH3 is 1. The lowest BCUT2D eigenvalue weighted by Crippen LogP contribution is -2.39. The van der Waals surface area contributed by atoms with E-state index in [9.17, 15) is 9.59 Å². The average molecular weight is 465 g/mol. The highest BCUT2D eigenvalue weighted by Gasteiger charge is 2.33. The first kappa shape index (κ1) is 20.1. The van der Waals surface area contributed by atoms with E-state index in [1.807, 2.05) is 17.5 Å². The van der Waals surface area contributed by atoms with Gasteiger partial charge in [-0.05, 0) is 42.1 Å². The van der Waals surface area contributed by atoms with Crippen molar-refractivity contribution in [3.8, 4) is 0 Å². The Kier molecular flexibility index (Phi) is 5.48. The first-order valence-corrected chi connectivity index (χ1v) is 10.9. The Bertz CT molecular complexity index is 1320. The van der Waals surface area contributed by atoms with Gasteiger partial charge in [0, 0.05) is 14.9 Å². The number of fused-ring (bicyclic) bond motifs is 1. The van der Waals surface area contributed by atoms with Crippen LogP contribution >= 0.6 is 45.9 Å². The number of allylic oxidation sites excluding steroid dienone is 1. The maximum atomic E-state index is 13.3. The zero-order valence-corrected chi connectivity index (χ0v) is 18.5. The number of thiazole rings is 1. The van der Waals surface area contributed by atoms with Gasteiger partial charge in [-0.2, -0.15) is 0 Å². The van der Waals surface area contributed by atoms with Crippen LogP contribution in [-0.2, 0) is 9.53 Å². The number of hydrogen-bond acceptors (Lipinski definition) is 6. The molecule has 0 saturated carbocycles. The summed E-state index contributed by atoms with van der Waals surface area (Å²) in [4.78, 5) is 31.7. The molecule has 0 fully saturated rings. The van der Waals surface area contributed by atoms with Crippen LogP contribution in [0, 0.1) is 0 Å². The molecule has 3 aromatic rings. The molecule has 29 heavy (non-hydrogen) atoms. The Labute approximate surface area is 183 Å². The lowest BCUT2D eigenvalue weighted by atomic mass is 10.0. The predicted molar refractivity (Wildman–Crippen MR) is 117 cm³/mol. The van der Waals surface area contributed by atoms with Gasteiger partial charge in [0.2, 0.25) is 0 Å². The number of thiophene rings is 1. The summed E-state index contributed by atoms with van der Waals surface area (Å²) in [5.41, 5.74) is 1.33. The molecule has 3 heterocycles. The van der Waals surface area contributed by atoms with Gasteiger partial charge in [0.15, 0.2) is 4.80 Å². The van der Waals surface area contributed by atoms with Gasteiger partial charge in [-0.25, -0.2) is 9.79 Å². The van der Waals surface area contributed by atoms with Crippen molar-refractivity contribution in [2.45, 2.75) is 13.0 Å². The van der Waals surface area contributed by atoms with Gasteiger partial charge in [0.25, 0.3) is 5.56 Å².